The van der Waals surface area contributed by atoms with Gasteiger partial charge in [-0.25, -0.2) is 13.4 Å². The van der Waals surface area contributed by atoms with E-state index < -0.39 is 10.0 Å². The average Bonchev–Trinajstić information content (AvgIpc) is 3.18. The molecule has 2 fully saturated rings. The Kier molecular flexibility index (Phi) is 6.98. The minimum Gasteiger partial charge on any atom is -0.340 e. The van der Waals surface area contributed by atoms with Crippen molar-refractivity contribution in [3.05, 3.63) is 45.4 Å². The Balaban J connectivity index is 1.27. The van der Waals surface area contributed by atoms with Crippen molar-refractivity contribution < 1.29 is 13.2 Å². The molecule has 1 aromatic carbocycles. The number of aryl methyl sites for hydroxylation is 1. The molecule has 2 aromatic rings. The van der Waals surface area contributed by atoms with Gasteiger partial charge in [0, 0.05) is 62.1 Å². The number of carbonyl (C=O) groups is 1. The number of piperazine rings is 1. The second-order valence-corrected chi connectivity index (χ2v) is 11.5. The number of sulfonamides is 1. The molecule has 168 valence electrons. The Hall–Kier alpha value is -1.52. The van der Waals surface area contributed by atoms with Gasteiger partial charge < -0.3 is 4.90 Å². The molecule has 0 unspecified atom stereocenters. The number of rotatable bonds is 5. The second kappa shape index (κ2) is 9.54. The van der Waals surface area contributed by atoms with Gasteiger partial charge in [-0.05, 0) is 44.0 Å². The van der Waals surface area contributed by atoms with E-state index in [4.69, 9.17) is 11.6 Å². The topological polar surface area (TPSA) is 73.8 Å². The molecule has 31 heavy (non-hydrogen) atoms. The summed E-state index contributed by atoms with van der Waals surface area (Å²) >= 11 is 7.53. The first kappa shape index (κ1) is 22.7. The van der Waals surface area contributed by atoms with Crippen molar-refractivity contribution in [1.29, 1.82) is 0 Å². The number of nitrogens with zero attached hydrogens (tertiary/aromatic N) is 4. The molecule has 0 atom stereocenters. The van der Waals surface area contributed by atoms with Crippen LogP contribution < -0.4 is 0 Å². The predicted octanol–water partition coefficient (Wildman–Crippen LogP) is 2.85. The van der Waals surface area contributed by atoms with Gasteiger partial charge in [-0.2, -0.15) is 4.31 Å². The summed E-state index contributed by atoms with van der Waals surface area (Å²) in [4.78, 5) is 22.0. The summed E-state index contributed by atoms with van der Waals surface area (Å²) in [7, 11) is -3.55. The predicted molar refractivity (Wildman–Crippen MR) is 122 cm³/mol. The van der Waals surface area contributed by atoms with Gasteiger partial charge in [-0.3, -0.25) is 9.69 Å². The summed E-state index contributed by atoms with van der Waals surface area (Å²) in [6, 6.07) is 6.22. The summed E-state index contributed by atoms with van der Waals surface area (Å²) in [5.74, 6) is 0.0529. The molecule has 3 heterocycles. The van der Waals surface area contributed by atoms with E-state index in [2.05, 4.69) is 15.3 Å². The van der Waals surface area contributed by atoms with E-state index in [0.717, 1.165) is 30.3 Å². The van der Waals surface area contributed by atoms with E-state index in [0.29, 0.717) is 44.0 Å². The molecule has 10 heteroatoms. The van der Waals surface area contributed by atoms with Gasteiger partial charge >= 0.3 is 0 Å². The molecule has 0 N–H and O–H groups in total. The van der Waals surface area contributed by atoms with Crippen molar-refractivity contribution in [3.63, 3.8) is 0 Å². The first-order valence-electron chi connectivity index (χ1n) is 10.5. The van der Waals surface area contributed by atoms with Crippen LogP contribution in [0.5, 0.6) is 0 Å². The van der Waals surface area contributed by atoms with Crippen molar-refractivity contribution in [1.82, 2.24) is 19.1 Å². The first-order valence-corrected chi connectivity index (χ1v) is 13.2. The monoisotopic (exact) mass is 482 g/mol. The lowest BCUT2D eigenvalue weighted by Gasteiger charge is -2.38. The highest BCUT2D eigenvalue weighted by atomic mass is 35.5. The third-order valence-electron chi connectivity index (χ3n) is 5.99. The van der Waals surface area contributed by atoms with Gasteiger partial charge in [0.2, 0.25) is 15.9 Å². The number of aromatic nitrogens is 1. The smallest absolute Gasteiger partial charge is 0.243 e. The van der Waals surface area contributed by atoms with Gasteiger partial charge in [-0.1, -0.05) is 11.6 Å². The minimum absolute atomic E-state index is 0.107. The highest BCUT2D eigenvalue weighted by molar-refractivity contribution is 7.89. The Morgan fingerprint density at radius 3 is 2.32 bits per heavy atom. The van der Waals surface area contributed by atoms with Crippen LogP contribution in [0.2, 0.25) is 5.02 Å². The quantitative estimate of drug-likeness (QED) is 0.655. The molecule has 7 nitrogen and oxygen atoms in total. The van der Waals surface area contributed by atoms with Crippen LogP contribution in [-0.2, 0) is 21.4 Å². The van der Waals surface area contributed by atoms with Gasteiger partial charge in [0.05, 0.1) is 15.6 Å². The van der Waals surface area contributed by atoms with Crippen molar-refractivity contribution in [2.24, 2.45) is 5.92 Å². The molecule has 0 bridgehead atoms. The van der Waals surface area contributed by atoms with E-state index in [1.54, 1.807) is 23.5 Å². The second-order valence-electron chi connectivity index (χ2n) is 8.09. The molecule has 1 aromatic heterocycles. The summed E-state index contributed by atoms with van der Waals surface area (Å²) in [5.41, 5.74) is 1.09. The number of halogens is 1. The zero-order chi connectivity index (χ0) is 22.0. The highest BCUT2D eigenvalue weighted by Crippen LogP contribution is 2.26. The van der Waals surface area contributed by atoms with Gasteiger partial charge in [0.1, 0.15) is 0 Å². The molecule has 0 spiro atoms. The van der Waals surface area contributed by atoms with Crippen LogP contribution in [0.25, 0.3) is 0 Å². The molecular formula is C21H27ClN4O3S2. The number of amides is 1. The Morgan fingerprint density at radius 1 is 1.10 bits per heavy atom. The Bertz CT molecular complexity index is 1010. The molecule has 2 aliphatic rings. The van der Waals surface area contributed by atoms with Crippen molar-refractivity contribution in [2.75, 3.05) is 39.3 Å². The fourth-order valence-corrected chi connectivity index (χ4v) is 6.39. The SMILES string of the molecule is Cc1nc(CN2CCN(C(=O)C3CCN(S(=O)(=O)c4ccc(Cl)cc4)CC3)CC2)cs1. The van der Waals surface area contributed by atoms with Crippen LogP contribution in [0.3, 0.4) is 0 Å². The number of benzene rings is 1. The largest absolute Gasteiger partial charge is 0.340 e. The standard InChI is InChI=1S/C21H27ClN4O3S2/c1-16-23-19(15-30-16)14-24-10-12-25(13-11-24)21(27)17-6-8-26(9-7-17)31(28,29)20-4-2-18(22)3-5-20/h2-5,15,17H,6-14H2,1H3. The lowest BCUT2D eigenvalue weighted by molar-refractivity contribution is -0.138. The van der Waals surface area contributed by atoms with Gasteiger partial charge in [0.25, 0.3) is 0 Å². The first-order chi connectivity index (χ1) is 14.8. The van der Waals surface area contributed by atoms with Crippen molar-refractivity contribution in [2.45, 2.75) is 31.2 Å². The third kappa shape index (κ3) is 5.28. The van der Waals surface area contributed by atoms with Crippen molar-refractivity contribution >= 4 is 38.9 Å². The fraction of sp³-hybridized carbons (Fsp3) is 0.524. The maximum Gasteiger partial charge on any atom is 0.243 e. The van der Waals surface area contributed by atoms with E-state index in [9.17, 15) is 13.2 Å². The average molecular weight is 483 g/mol. The maximum absolute atomic E-state index is 13.0. The number of thiazole rings is 1. The molecule has 0 aliphatic carbocycles. The Morgan fingerprint density at radius 2 is 1.74 bits per heavy atom. The molecular weight excluding hydrogens is 456 g/mol. The lowest BCUT2D eigenvalue weighted by Crippen LogP contribution is -2.51. The summed E-state index contributed by atoms with van der Waals surface area (Å²) in [5, 5.41) is 3.68. The normalized spacial score (nSPS) is 19.6. The zero-order valence-electron chi connectivity index (χ0n) is 17.5. The molecule has 4 rings (SSSR count). The van der Waals surface area contributed by atoms with Crippen molar-refractivity contribution in [3.8, 4) is 0 Å². The molecule has 2 aliphatic heterocycles. The number of piperidine rings is 1. The van der Waals surface area contributed by atoms with E-state index >= 15 is 0 Å². The van der Waals surface area contributed by atoms with Crippen LogP contribution in [-0.4, -0.2) is 72.7 Å². The van der Waals surface area contributed by atoms with Crippen LogP contribution in [0, 0.1) is 12.8 Å². The molecule has 0 radical (unpaired) electrons. The van der Waals surface area contributed by atoms with E-state index in [-0.39, 0.29) is 16.7 Å². The van der Waals surface area contributed by atoms with Crippen LogP contribution >= 0.6 is 22.9 Å². The molecule has 2 saturated heterocycles. The zero-order valence-corrected chi connectivity index (χ0v) is 19.9. The Labute approximate surface area is 192 Å². The van der Waals surface area contributed by atoms with Gasteiger partial charge in [-0.15, -0.1) is 11.3 Å². The lowest BCUT2D eigenvalue weighted by atomic mass is 9.96. The molecule has 1 amide bonds. The van der Waals surface area contributed by atoms with Gasteiger partial charge in [0.15, 0.2) is 0 Å². The maximum atomic E-state index is 13.0. The number of hydrogen-bond acceptors (Lipinski definition) is 6. The third-order valence-corrected chi connectivity index (χ3v) is 8.98. The van der Waals surface area contributed by atoms with Crippen LogP contribution in [0.1, 0.15) is 23.5 Å². The van der Waals surface area contributed by atoms with Crippen LogP contribution in [0.15, 0.2) is 34.5 Å². The minimum atomic E-state index is -3.55. The van der Waals surface area contributed by atoms with E-state index in [1.165, 1.54) is 16.4 Å². The summed E-state index contributed by atoms with van der Waals surface area (Å²) < 4.78 is 27.2. The number of carbonyl (C=O) groups excluding carboxylic acids is 1. The molecule has 0 saturated carbocycles. The van der Waals surface area contributed by atoms with E-state index in [1.807, 2.05) is 11.8 Å². The number of hydrogen-bond donors (Lipinski definition) is 0. The summed E-state index contributed by atoms with van der Waals surface area (Å²) in [6.45, 7) is 6.67. The fourth-order valence-electron chi connectivity index (χ4n) is 4.19. The van der Waals surface area contributed by atoms with Crippen LogP contribution in [0.4, 0.5) is 0 Å². The summed E-state index contributed by atoms with van der Waals surface area (Å²) in [6.07, 6.45) is 1.12. The highest BCUT2D eigenvalue weighted by Gasteiger charge is 2.34.